The van der Waals surface area contributed by atoms with Crippen LogP contribution in [0.15, 0.2) is 17.5 Å². The molecule has 0 radical (unpaired) electrons. The van der Waals surface area contributed by atoms with Gasteiger partial charge in [-0.05, 0) is 43.3 Å². The van der Waals surface area contributed by atoms with E-state index < -0.39 is 0 Å². The van der Waals surface area contributed by atoms with Crippen LogP contribution in [0.4, 0.5) is 0 Å². The minimum atomic E-state index is 0.490. The van der Waals surface area contributed by atoms with E-state index in [0.29, 0.717) is 5.41 Å². The van der Waals surface area contributed by atoms with Gasteiger partial charge in [-0.1, -0.05) is 13.0 Å². The first kappa shape index (κ1) is 12.1. The third-order valence-corrected chi connectivity index (χ3v) is 4.36. The molecule has 1 saturated heterocycles. The maximum Gasteiger partial charge on any atom is 0.00579 e. The molecule has 90 valence electrons. The van der Waals surface area contributed by atoms with E-state index >= 15 is 0 Å². The van der Waals surface area contributed by atoms with Gasteiger partial charge in [-0.25, -0.2) is 0 Å². The van der Waals surface area contributed by atoms with E-state index in [4.69, 9.17) is 0 Å². The van der Waals surface area contributed by atoms with Crippen LogP contribution in [0.25, 0.3) is 0 Å². The topological polar surface area (TPSA) is 15.3 Å². The fraction of sp³-hybridized carbons (Fsp3) is 0.692. The maximum absolute atomic E-state index is 3.46. The first-order valence-electron chi connectivity index (χ1n) is 6.10. The van der Waals surface area contributed by atoms with Crippen LogP contribution in [-0.4, -0.2) is 38.1 Å². The largest absolute Gasteiger partial charge is 0.316 e. The Morgan fingerprint density at radius 1 is 1.56 bits per heavy atom. The van der Waals surface area contributed by atoms with Gasteiger partial charge in [0.25, 0.3) is 0 Å². The van der Waals surface area contributed by atoms with E-state index in [1.807, 2.05) is 11.3 Å². The van der Waals surface area contributed by atoms with Gasteiger partial charge >= 0.3 is 0 Å². The number of rotatable bonds is 5. The molecule has 0 aliphatic carbocycles. The minimum Gasteiger partial charge on any atom is -0.316 e. The van der Waals surface area contributed by atoms with Gasteiger partial charge in [-0.2, -0.15) is 0 Å². The second kappa shape index (κ2) is 5.30. The van der Waals surface area contributed by atoms with Gasteiger partial charge in [0, 0.05) is 24.5 Å². The van der Waals surface area contributed by atoms with Crippen LogP contribution in [0.1, 0.15) is 18.2 Å². The molecule has 1 atom stereocenters. The lowest BCUT2D eigenvalue weighted by atomic mass is 9.89. The number of likely N-dealkylation sites (N-methyl/N-ethyl adjacent to an activating group) is 1. The lowest BCUT2D eigenvalue weighted by Gasteiger charge is -2.29. The van der Waals surface area contributed by atoms with Crippen molar-refractivity contribution in [3.63, 3.8) is 0 Å². The summed E-state index contributed by atoms with van der Waals surface area (Å²) in [5.74, 6) is 0. The quantitative estimate of drug-likeness (QED) is 0.846. The molecule has 1 aliphatic rings. The third-order valence-electron chi connectivity index (χ3n) is 3.43. The van der Waals surface area contributed by atoms with Crippen LogP contribution >= 0.6 is 11.3 Å². The van der Waals surface area contributed by atoms with Crippen LogP contribution in [-0.2, 0) is 6.42 Å². The van der Waals surface area contributed by atoms with Crippen molar-refractivity contribution < 1.29 is 0 Å². The standard InChI is InChI=1S/C13H22N2S/c1-13(6-7-14-10-13)11-15(2)8-5-12-4-3-9-16-12/h3-4,9,14H,5-8,10-11H2,1-2H3. The summed E-state index contributed by atoms with van der Waals surface area (Å²) in [6, 6.07) is 4.37. The van der Waals surface area contributed by atoms with E-state index in [1.54, 1.807) is 0 Å². The molecular weight excluding hydrogens is 216 g/mol. The van der Waals surface area contributed by atoms with E-state index in [0.717, 1.165) is 0 Å². The molecule has 0 saturated carbocycles. The second-order valence-electron chi connectivity index (χ2n) is 5.30. The zero-order valence-electron chi connectivity index (χ0n) is 10.3. The van der Waals surface area contributed by atoms with Crippen molar-refractivity contribution in [3.05, 3.63) is 22.4 Å². The monoisotopic (exact) mass is 238 g/mol. The molecule has 1 aromatic heterocycles. The van der Waals surface area contributed by atoms with Gasteiger partial charge in [0.2, 0.25) is 0 Å². The molecular formula is C13H22N2S. The molecule has 2 rings (SSSR count). The highest BCUT2D eigenvalue weighted by Gasteiger charge is 2.29. The number of nitrogens with zero attached hydrogens (tertiary/aromatic N) is 1. The Morgan fingerprint density at radius 3 is 3.06 bits per heavy atom. The highest BCUT2D eigenvalue weighted by Crippen LogP contribution is 2.25. The molecule has 1 unspecified atom stereocenters. The minimum absolute atomic E-state index is 0.490. The van der Waals surface area contributed by atoms with Crippen molar-refractivity contribution in [2.75, 3.05) is 33.2 Å². The van der Waals surface area contributed by atoms with Gasteiger partial charge in [-0.3, -0.25) is 0 Å². The molecule has 2 heterocycles. The summed E-state index contributed by atoms with van der Waals surface area (Å²) < 4.78 is 0. The molecule has 1 aliphatic heterocycles. The Hall–Kier alpha value is -0.380. The van der Waals surface area contributed by atoms with E-state index in [2.05, 4.69) is 41.7 Å². The Morgan fingerprint density at radius 2 is 2.44 bits per heavy atom. The van der Waals surface area contributed by atoms with Crippen LogP contribution < -0.4 is 5.32 Å². The fourth-order valence-corrected chi connectivity index (χ4v) is 3.19. The van der Waals surface area contributed by atoms with Gasteiger partial charge in [0.05, 0.1) is 0 Å². The van der Waals surface area contributed by atoms with Crippen molar-refractivity contribution in [1.82, 2.24) is 10.2 Å². The number of thiophene rings is 1. The molecule has 0 bridgehead atoms. The van der Waals surface area contributed by atoms with E-state index in [9.17, 15) is 0 Å². The third kappa shape index (κ3) is 3.30. The average molecular weight is 238 g/mol. The molecule has 1 N–H and O–H groups in total. The lowest BCUT2D eigenvalue weighted by molar-refractivity contribution is 0.211. The van der Waals surface area contributed by atoms with E-state index in [-0.39, 0.29) is 0 Å². The molecule has 2 nitrogen and oxygen atoms in total. The van der Waals surface area contributed by atoms with Crippen LogP contribution in [0.3, 0.4) is 0 Å². The maximum atomic E-state index is 3.46. The summed E-state index contributed by atoms with van der Waals surface area (Å²) in [6.07, 6.45) is 2.51. The number of hydrogen-bond acceptors (Lipinski definition) is 3. The summed E-state index contributed by atoms with van der Waals surface area (Å²) in [4.78, 5) is 3.98. The van der Waals surface area contributed by atoms with Gasteiger partial charge < -0.3 is 10.2 Å². The zero-order chi connectivity index (χ0) is 11.4. The van der Waals surface area contributed by atoms with Gasteiger partial charge in [0.1, 0.15) is 0 Å². The summed E-state index contributed by atoms with van der Waals surface area (Å²) >= 11 is 1.87. The van der Waals surface area contributed by atoms with Crippen molar-refractivity contribution in [3.8, 4) is 0 Å². The van der Waals surface area contributed by atoms with Crippen molar-refractivity contribution in [1.29, 1.82) is 0 Å². The highest BCUT2D eigenvalue weighted by atomic mass is 32.1. The molecule has 3 heteroatoms. The second-order valence-corrected chi connectivity index (χ2v) is 6.34. The predicted octanol–water partition coefficient (Wildman–Crippen LogP) is 2.22. The number of nitrogens with one attached hydrogen (secondary N) is 1. The summed E-state index contributed by atoms with van der Waals surface area (Å²) in [6.45, 7) is 7.15. The normalized spacial score (nSPS) is 25.4. The van der Waals surface area contributed by atoms with Gasteiger partial charge in [-0.15, -0.1) is 11.3 Å². The molecule has 1 aromatic rings. The summed E-state index contributed by atoms with van der Waals surface area (Å²) in [5, 5.41) is 5.63. The Labute approximate surface area is 103 Å². The molecule has 0 aromatic carbocycles. The average Bonchev–Trinajstić information content (AvgIpc) is 2.86. The summed E-state index contributed by atoms with van der Waals surface area (Å²) in [5.41, 5.74) is 0.490. The van der Waals surface area contributed by atoms with Crippen molar-refractivity contribution in [2.45, 2.75) is 19.8 Å². The Bertz CT molecular complexity index is 302. The van der Waals surface area contributed by atoms with Gasteiger partial charge in [0.15, 0.2) is 0 Å². The van der Waals surface area contributed by atoms with Crippen LogP contribution in [0.5, 0.6) is 0 Å². The molecule has 0 spiro atoms. The Kier molecular flexibility index (Phi) is 4.00. The molecule has 16 heavy (non-hydrogen) atoms. The zero-order valence-corrected chi connectivity index (χ0v) is 11.1. The number of hydrogen-bond donors (Lipinski definition) is 1. The predicted molar refractivity (Wildman–Crippen MR) is 71.1 cm³/mol. The van der Waals surface area contributed by atoms with E-state index in [1.165, 1.54) is 43.9 Å². The first-order chi connectivity index (χ1) is 7.68. The molecule has 0 amide bonds. The fourth-order valence-electron chi connectivity index (χ4n) is 2.49. The first-order valence-corrected chi connectivity index (χ1v) is 6.98. The SMILES string of the molecule is CN(CCc1cccs1)CC1(C)CCNC1. The smallest absolute Gasteiger partial charge is 0.00579 e. The highest BCUT2D eigenvalue weighted by molar-refractivity contribution is 7.09. The molecule has 1 fully saturated rings. The van der Waals surface area contributed by atoms with Crippen LogP contribution in [0, 0.1) is 5.41 Å². The summed E-state index contributed by atoms with van der Waals surface area (Å²) in [7, 11) is 2.25. The lowest BCUT2D eigenvalue weighted by Crippen LogP contribution is -2.36. The Balaban J connectivity index is 1.73. The van der Waals surface area contributed by atoms with Crippen molar-refractivity contribution in [2.24, 2.45) is 5.41 Å². The van der Waals surface area contributed by atoms with Crippen LogP contribution in [0.2, 0.25) is 0 Å². The van der Waals surface area contributed by atoms with Crippen molar-refractivity contribution >= 4 is 11.3 Å².